The van der Waals surface area contributed by atoms with E-state index in [1.165, 1.54) is 11.1 Å². The average Bonchev–Trinajstić information content (AvgIpc) is 2.51. The molecule has 0 radical (unpaired) electrons. The van der Waals surface area contributed by atoms with Gasteiger partial charge in [0.05, 0.1) is 18.3 Å². The molecule has 0 unspecified atom stereocenters. The van der Waals surface area contributed by atoms with Crippen molar-refractivity contribution < 1.29 is 31.1 Å². The number of carbonyl (C=O) groups is 1. The third-order valence-electron chi connectivity index (χ3n) is 3.83. The summed E-state index contributed by atoms with van der Waals surface area (Å²) in [6.07, 6.45) is -8.19. The minimum absolute atomic E-state index is 0.187. The van der Waals surface area contributed by atoms with Gasteiger partial charge in [-0.3, -0.25) is 9.78 Å². The summed E-state index contributed by atoms with van der Waals surface area (Å²) in [6, 6.07) is 0. The molecule has 0 aliphatic carbocycles. The maximum atomic E-state index is 12.6. The van der Waals surface area contributed by atoms with Gasteiger partial charge in [-0.25, -0.2) is 4.98 Å². The van der Waals surface area contributed by atoms with Gasteiger partial charge in [0.1, 0.15) is 0 Å². The van der Waals surface area contributed by atoms with Crippen LogP contribution in [0, 0.1) is 0 Å². The van der Waals surface area contributed by atoms with Gasteiger partial charge in [-0.1, -0.05) is 0 Å². The van der Waals surface area contributed by atoms with Crippen molar-refractivity contribution in [1.29, 1.82) is 0 Å². The molecule has 134 valence electrons. The Hall–Kier alpha value is -1.87. The number of halogens is 6. The van der Waals surface area contributed by atoms with Gasteiger partial charge in [0.25, 0.3) is 0 Å². The summed E-state index contributed by atoms with van der Waals surface area (Å²) in [5.41, 5.74) is -0.893. The third-order valence-corrected chi connectivity index (χ3v) is 3.83. The molecule has 2 rings (SSSR count). The van der Waals surface area contributed by atoms with Crippen molar-refractivity contribution in [3.63, 3.8) is 0 Å². The molecule has 0 saturated carbocycles. The summed E-state index contributed by atoms with van der Waals surface area (Å²) in [7, 11) is 0. The number of carbonyl (C=O) groups excluding carboxylic acids is 1. The highest BCUT2D eigenvalue weighted by Gasteiger charge is 2.34. The van der Waals surface area contributed by atoms with E-state index in [-0.39, 0.29) is 24.7 Å². The normalized spacial score (nSPS) is 17.2. The smallest absolute Gasteiger partial charge is 0.343 e. The summed E-state index contributed by atoms with van der Waals surface area (Å²) in [6.45, 7) is 0.387. The number of nitrogens with zero attached hydrogens (tertiary/aromatic N) is 3. The van der Waals surface area contributed by atoms with Crippen LogP contribution < -0.4 is 0 Å². The lowest BCUT2D eigenvalue weighted by Crippen LogP contribution is -2.38. The molecule has 0 atom stereocenters. The molecule has 1 fully saturated rings. The van der Waals surface area contributed by atoms with Gasteiger partial charge in [-0.05, 0) is 12.8 Å². The quantitative estimate of drug-likeness (QED) is 0.779. The first-order valence-corrected chi connectivity index (χ1v) is 7.30. The first-order valence-electron chi connectivity index (χ1n) is 7.30. The zero-order chi connectivity index (χ0) is 18.0. The monoisotopic (exact) mass is 355 g/mol. The van der Waals surface area contributed by atoms with Crippen LogP contribution in [-0.2, 0) is 11.0 Å². The fourth-order valence-electron chi connectivity index (χ4n) is 2.55. The van der Waals surface area contributed by atoms with Crippen molar-refractivity contribution in [1.82, 2.24) is 14.9 Å². The number of hydrogen-bond donors (Lipinski definition) is 0. The molecule has 24 heavy (non-hydrogen) atoms. The fourth-order valence-corrected chi connectivity index (χ4v) is 2.55. The molecule has 1 saturated heterocycles. The van der Waals surface area contributed by atoms with Gasteiger partial charge in [-0.2, -0.15) is 26.3 Å². The van der Waals surface area contributed by atoms with Crippen molar-refractivity contribution in [3.05, 3.63) is 23.8 Å². The third kappa shape index (κ3) is 5.07. The fraction of sp³-hybridized carbons (Fsp3) is 0.643. The van der Waals surface area contributed by atoms with E-state index in [9.17, 15) is 31.1 Å². The molecular formula is C14H15F6N3O. The second-order valence-corrected chi connectivity index (χ2v) is 5.60. The lowest BCUT2D eigenvalue weighted by Gasteiger charge is -2.32. The summed E-state index contributed by atoms with van der Waals surface area (Å²) >= 11 is 0. The van der Waals surface area contributed by atoms with Gasteiger partial charge in [0.2, 0.25) is 5.91 Å². The Morgan fingerprint density at radius 2 is 1.75 bits per heavy atom. The van der Waals surface area contributed by atoms with Crippen molar-refractivity contribution in [2.75, 3.05) is 13.1 Å². The predicted molar refractivity (Wildman–Crippen MR) is 70.9 cm³/mol. The highest BCUT2D eigenvalue weighted by atomic mass is 19.4. The zero-order valence-corrected chi connectivity index (χ0v) is 12.5. The van der Waals surface area contributed by atoms with E-state index in [4.69, 9.17) is 0 Å². The van der Waals surface area contributed by atoms with Crippen LogP contribution in [0.2, 0.25) is 0 Å². The summed E-state index contributed by atoms with van der Waals surface area (Å²) in [4.78, 5) is 20.1. The van der Waals surface area contributed by atoms with E-state index in [2.05, 4.69) is 9.97 Å². The van der Waals surface area contributed by atoms with E-state index in [1.54, 1.807) is 0 Å². The van der Waals surface area contributed by atoms with Crippen LogP contribution >= 0.6 is 0 Å². The Balaban J connectivity index is 1.92. The van der Waals surface area contributed by atoms with E-state index < -0.39 is 36.8 Å². The standard InChI is InChI=1S/C14H15F6N3O/c15-13(16,17)4-1-12(24)23-5-2-9(3-6-23)10-7-21-8-11(22-10)14(18,19)20/h7-9H,1-6H2. The molecule has 1 aliphatic heterocycles. The highest BCUT2D eigenvalue weighted by Crippen LogP contribution is 2.31. The first-order chi connectivity index (χ1) is 11.1. The molecule has 0 N–H and O–H groups in total. The zero-order valence-electron chi connectivity index (χ0n) is 12.5. The van der Waals surface area contributed by atoms with Gasteiger partial charge in [-0.15, -0.1) is 0 Å². The van der Waals surface area contributed by atoms with Gasteiger partial charge < -0.3 is 4.90 Å². The maximum absolute atomic E-state index is 12.6. The van der Waals surface area contributed by atoms with Crippen molar-refractivity contribution >= 4 is 5.91 Å². The van der Waals surface area contributed by atoms with Crippen LogP contribution in [0.5, 0.6) is 0 Å². The molecule has 1 aromatic heterocycles. The number of likely N-dealkylation sites (tertiary alicyclic amines) is 1. The molecule has 0 aromatic carbocycles. The largest absolute Gasteiger partial charge is 0.434 e. The first kappa shape index (κ1) is 18.5. The summed E-state index contributed by atoms with van der Waals surface area (Å²) in [5, 5.41) is 0. The molecule has 0 spiro atoms. The van der Waals surface area contributed by atoms with E-state index in [0.717, 1.165) is 0 Å². The molecule has 1 aliphatic rings. The van der Waals surface area contributed by atoms with E-state index >= 15 is 0 Å². The van der Waals surface area contributed by atoms with Crippen LogP contribution in [0.3, 0.4) is 0 Å². The molecule has 2 heterocycles. The van der Waals surface area contributed by atoms with Crippen molar-refractivity contribution in [2.24, 2.45) is 0 Å². The number of rotatable bonds is 3. The van der Waals surface area contributed by atoms with Gasteiger partial charge >= 0.3 is 12.4 Å². The molecule has 1 aromatic rings. The topological polar surface area (TPSA) is 46.1 Å². The predicted octanol–water partition coefficient (Wildman–Crippen LogP) is 3.54. The van der Waals surface area contributed by atoms with Crippen LogP contribution in [0.4, 0.5) is 26.3 Å². The SMILES string of the molecule is O=C(CCC(F)(F)F)N1CCC(c2cncc(C(F)(F)F)n2)CC1. The Labute approximate surface area is 133 Å². The minimum Gasteiger partial charge on any atom is -0.343 e. The van der Waals surface area contributed by atoms with Crippen LogP contribution in [0.25, 0.3) is 0 Å². The Morgan fingerprint density at radius 3 is 2.29 bits per heavy atom. The summed E-state index contributed by atoms with van der Waals surface area (Å²) in [5.74, 6) is -0.896. The molecular weight excluding hydrogens is 340 g/mol. The molecule has 0 bridgehead atoms. The average molecular weight is 355 g/mol. The molecule has 10 heteroatoms. The molecule has 4 nitrogen and oxygen atoms in total. The second kappa shape index (κ2) is 6.94. The van der Waals surface area contributed by atoms with Gasteiger partial charge in [0, 0.05) is 31.6 Å². The Bertz CT molecular complexity index is 579. The number of piperidine rings is 1. The Kier molecular flexibility index (Phi) is 5.34. The highest BCUT2D eigenvalue weighted by molar-refractivity contribution is 5.76. The lowest BCUT2D eigenvalue weighted by molar-refractivity contribution is -0.149. The minimum atomic E-state index is -4.59. The van der Waals surface area contributed by atoms with Crippen LogP contribution in [-0.4, -0.2) is 40.0 Å². The van der Waals surface area contributed by atoms with E-state index in [0.29, 0.717) is 19.0 Å². The number of hydrogen-bond acceptors (Lipinski definition) is 3. The number of alkyl halides is 6. The maximum Gasteiger partial charge on any atom is 0.434 e. The lowest BCUT2D eigenvalue weighted by atomic mass is 9.93. The van der Waals surface area contributed by atoms with E-state index in [1.807, 2.05) is 0 Å². The Morgan fingerprint density at radius 1 is 1.12 bits per heavy atom. The van der Waals surface area contributed by atoms with Gasteiger partial charge in [0.15, 0.2) is 5.69 Å². The van der Waals surface area contributed by atoms with Crippen molar-refractivity contribution in [2.45, 2.75) is 44.0 Å². The molecule has 1 amide bonds. The van der Waals surface area contributed by atoms with Crippen LogP contribution in [0.1, 0.15) is 43.0 Å². The van der Waals surface area contributed by atoms with Crippen LogP contribution in [0.15, 0.2) is 12.4 Å². The summed E-state index contributed by atoms with van der Waals surface area (Å²) < 4.78 is 74.3. The number of amides is 1. The van der Waals surface area contributed by atoms with Crippen molar-refractivity contribution in [3.8, 4) is 0 Å². The second-order valence-electron chi connectivity index (χ2n) is 5.60. The number of aromatic nitrogens is 2.